The fourth-order valence-corrected chi connectivity index (χ4v) is 3.96. The van der Waals surface area contributed by atoms with Gasteiger partial charge >= 0.3 is 6.03 Å². The van der Waals surface area contributed by atoms with Gasteiger partial charge in [0.15, 0.2) is 0 Å². The van der Waals surface area contributed by atoms with E-state index in [2.05, 4.69) is 32.8 Å². The Bertz CT molecular complexity index is 770. The largest absolute Gasteiger partial charge is 0.378 e. The lowest BCUT2D eigenvalue weighted by molar-refractivity contribution is 0.159. The van der Waals surface area contributed by atoms with E-state index in [1.165, 1.54) is 12.8 Å². The van der Waals surface area contributed by atoms with E-state index in [4.69, 9.17) is 4.74 Å². The Morgan fingerprint density at radius 3 is 2.78 bits per heavy atom. The smallest absolute Gasteiger partial charge is 0.320 e. The van der Waals surface area contributed by atoms with Crippen LogP contribution in [-0.4, -0.2) is 59.1 Å². The number of rotatable bonds is 5. The molecule has 2 atom stereocenters. The number of urea groups is 1. The van der Waals surface area contributed by atoms with Crippen molar-refractivity contribution in [1.29, 1.82) is 0 Å². The molecule has 2 fully saturated rings. The minimum absolute atomic E-state index is 0.0229. The molecule has 2 N–H and O–H groups in total. The highest BCUT2D eigenvalue weighted by molar-refractivity contribution is 5.88. The summed E-state index contributed by atoms with van der Waals surface area (Å²) in [5, 5.41) is 10.6. The number of nitrogens with zero attached hydrogens (tertiary/aromatic N) is 3. The Balaban J connectivity index is 1.39. The number of aromatic nitrogens is 2. The lowest BCUT2D eigenvalue weighted by atomic mass is 10.1. The molecule has 0 spiro atoms. The molecule has 0 radical (unpaired) electrons. The topological polar surface area (TPSA) is 71.4 Å². The number of likely N-dealkylation sites (tertiary alicyclic amines) is 1. The summed E-state index contributed by atoms with van der Waals surface area (Å²) in [6.45, 7) is 5.99. The second kappa shape index (κ2) is 8.10. The van der Waals surface area contributed by atoms with Gasteiger partial charge in [0.2, 0.25) is 0 Å². The quantitative estimate of drug-likeness (QED) is 0.848. The fraction of sp³-hybridized carbons (Fsp3) is 0.500. The van der Waals surface area contributed by atoms with Gasteiger partial charge in [0.25, 0.3) is 0 Å². The van der Waals surface area contributed by atoms with Crippen molar-refractivity contribution in [1.82, 2.24) is 20.0 Å². The first-order valence-corrected chi connectivity index (χ1v) is 9.67. The summed E-state index contributed by atoms with van der Waals surface area (Å²) in [5.41, 5.74) is 2.02. The average molecular weight is 369 g/mol. The van der Waals surface area contributed by atoms with Gasteiger partial charge in [-0.05, 0) is 38.4 Å². The molecule has 27 heavy (non-hydrogen) atoms. The summed E-state index contributed by atoms with van der Waals surface area (Å²) in [6, 6.07) is 12.1. The van der Waals surface area contributed by atoms with E-state index in [0.717, 1.165) is 24.3 Å². The zero-order chi connectivity index (χ0) is 18.6. The van der Waals surface area contributed by atoms with Gasteiger partial charge in [-0.15, -0.1) is 0 Å². The molecule has 0 saturated carbocycles. The van der Waals surface area contributed by atoms with Crippen LogP contribution in [0.25, 0.3) is 0 Å². The fourth-order valence-electron chi connectivity index (χ4n) is 3.96. The van der Waals surface area contributed by atoms with Crippen LogP contribution in [0.3, 0.4) is 0 Å². The summed E-state index contributed by atoms with van der Waals surface area (Å²) in [4.78, 5) is 15.0. The van der Waals surface area contributed by atoms with E-state index in [1.54, 1.807) is 0 Å². The zero-order valence-electron chi connectivity index (χ0n) is 15.7. The normalized spacial score (nSPS) is 22.9. The van der Waals surface area contributed by atoms with Crippen molar-refractivity contribution in [3.05, 3.63) is 47.7 Å². The van der Waals surface area contributed by atoms with Gasteiger partial charge in [0.05, 0.1) is 37.5 Å². The Kier molecular flexibility index (Phi) is 5.40. The van der Waals surface area contributed by atoms with Crippen molar-refractivity contribution >= 4 is 11.8 Å². The maximum atomic E-state index is 12.6. The molecule has 2 aliphatic rings. The number of hydrogen-bond donors (Lipinski definition) is 2. The van der Waals surface area contributed by atoms with Crippen LogP contribution in [0, 0.1) is 6.92 Å². The second-order valence-electron chi connectivity index (χ2n) is 7.37. The van der Waals surface area contributed by atoms with E-state index < -0.39 is 0 Å². The molecule has 1 aromatic heterocycles. The molecule has 3 heterocycles. The van der Waals surface area contributed by atoms with Gasteiger partial charge < -0.3 is 10.1 Å². The minimum atomic E-state index is -0.205. The first kappa shape index (κ1) is 18.0. The average Bonchev–Trinajstić information content (AvgIpc) is 3.38. The van der Waals surface area contributed by atoms with Crippen LogP contribution in [0.1, 0.15) is 24.1 Å². The van der Waals surface area contributed by atoms with Crippen molar-refractivity contribution in [3.8, 4) is 0 Å². The van der Waals surface area contributed by atoms with Crippen molar-refractivity contribution < 1.29 is 9.53 Å². The van der Waals surface area contributed by atoms with Gasteiger partial charge in [0, 0.05) is 6.07 Å². The van der Waals surface area contributed by atoms with Crippen LogP contribution in [0.2, 0.25) is 0 Å². The molecule has 2 aliphatic heterocycles. The molecule has 1 aromatic carbocycles. The van der Waals surface area contributed by atoms with Crippen LogP contribution < -0.4 is 10.6 Å². The SMILES string of the molecule is Cc1cc(NC(=O)N[C@H]2COC[C@@H]2N2CCCC2)n(Cc2ccccc2)n1. The number of anilines is 1. The number of carbonyl (C=O) groups excluding carboxylic acids is 1. The highest BCUT2D eigenvalue weighted by Gasteiger charge is 2.35. The van der Waals surface area contributed by atoms with Crippen molar-refractivity contribution in [2.45, 2.75) is 38.4 Å². The van der Waals surface area contributed by atoms with Gasteiger partial charge in [-0.3, -0.25) is 10.2 Å². The molecular weight excluding hydrogens is 342 g/mol. The third-order valence-electron chi connectivity index (χ3n) is 5.30. The van der Waals surface area contributed by atoms with Gasteiger partial charge in [-0.2, -0.15) is 5.10 Å². The molecule has 2 saturated heterocycles. The summed E-state index contributed by atoms with van der Waals surface area (Å²) >= 11 is 0. The van der Waals surface area contributed by atoms with Crippen molar-refractivity contribution in [2.24, 2.45) is 0 Å². The van der Waals surface area contributed by atoms with E-state index in [9.17, 15) is 4.79 Å². The number of amides is 2. The third-order valence-corrected chi connectivity index (χ3v) is 5.30. The molecule has 2 aromatic rings. The molecule has 144 valence electrons. The Morgan fingerprint density at radius 1 is 1.22 bits per heavy atom. The molecule has 2 amide bonds. The maximum Gasteiger partial charge on any atom is 0.320 e. The molecule has 0 unspecified atom stereocenters. The number of benzene rings is 1. The first-order valence-electron chi connectivity index (χ1n) is 9.67. The highest BCUT2D eigenvalue weighted by atomic mass is 16.5. The monoisotopic (exact) mass is 369 g/mol. The molecular formula is C20H27N5O2. The van der Waals surface area contributed by atoms with Crippen LogP contribution in [0.5, 0.6) is 0 Å². The Labute approximate surface area is 159 Å². The number of ether oxygens (including phenoxy) is 1. The summed E-state index contributed by atoms with van der Waals surface area (Å²) < 4.78 is 7.47. The van der Waals surface area contributed by atoms with Gasteiger partial charge in [-0.25, -0.2) is 9.48 Å². The Hall–Kier alpha value is -2.38. The molecule has 4 rings (SSSR count). The minimum Gasteiger partial charge on any atom is -0.378 e. The van der Waals surface area contributed by atoms with Crippen LogP contribution in [0.4, 0.5) is 10.6 Å². The standard InChI is InChI=1S/C20H27N5O2/c1-15-11-19(25(23-15)12-16-7-3-2-4-8-16)22-20(26)21-17-13-27-14-18(17)24-9-5-6-10-24/h2-4,7-8,11,17-18H,5-6,9-10,12-14H2,1H3,(H2,21,22,26)/t17-,18-/m0/s1. The zero-order valence-corrected chi connectivity index (χ0v) is 15.7. The first-order chi connectivity index (χ1) is 13.2. The number of aryl methyl sites for hydroxylation is 1. The van der Waals surface area contributed by atoms with Crippen LogP contribution in [-0.2, 0) is 11.3 Å². The third kappa shape index (κ3) is 4.31. The maximum absolute atomic E-state index is 12.6. The predicted molar refractivity (Wildman–Crippen MR) is 104 cm³/mol. The number of nitrogens with one attached hydrogen (secondary N) is 2. The summed E-state index contributed by atoms with van der Waals surface area (Å²) in [5.74, 6) is 0.700. The lowest BCUT2D eigenvalue weighted by Crippen LogP contribution is -2.51. The van der Waals surface area contributed by atoms with E-state index in [0.29, 0.717) is 25.6 Å². The van der Waals surface area contributed by atoms with Crippen LogP contribution >= 0.6 is 0 Å². The van der Waals surface area contributed by atoms with Gasteiger partial charge in [-0.1, -0.05) is 30.3 Å². The number of hydrogen-bond acceptors (Lipinski definition) is 4. The molecule has 7 heteroatoms. The Morgan fingerprint density at radius 2 is 2.00 bits per heavy atom. The lowest BCUT2D eigenvalue weighted by Gasteiger charge is -2.27. The van der Waals surface area contributed by atoms with E-state index in [1.807, 2.05) is 35.9 Å². The molecule has 7 nitrogen and oxygen atoms in total. The summed E-state index contributed by atoms with van der Waals surface area (Å²) in [7, 11) is 0. The second-order valence-corrected chi connectivity index (χ2v) is 7.37. The van der Waals surface area contributed by atoms with Crippen LogP contribution in [0.15, 0.2) is 36.4 Å². The molecule has 0 aliphatic carbocycles. The van der Waals surface area contributed by atoms with Crippen molar-refractivity contribution in [3.63, 3.8) is 0 Å². The summed E-state index contributed by atoms with van der Waals surface area (Å²) in [6.07, 6.45) is 2.46. The predicted octanol–water partition coefficient (Wildman–Crippen LogP) is 2.22. The van der Waals surface area contributed by atoms with E-state index >= 15 is 0 Å². The highest BCUT2D eigenvalue weighted by Crippen LogP contribution is 2.19. The van der Waals surface area contributed by atoms with Gasteiger partial charge in [0.1, 0.15) is 5.82 Å². The number of carbonyl (C=O) groups is 1. The van der Waals surface area contributed by atoms with E-state index in [-0.39, 0.29) is 18.1 Å². The molecule has 0 bridgehead atoms. The van der Waals surface area contributed by atoms with Crippen molar-refractivity contribution in [2.75, 3.05) is 31.6 Å².